The lowest BCUT2D eigenvalue weighted by molar-refractivity contribution is -0.151. The molecule has 0 amide bonds. The lowest BCUT2D eigenvalue weighted by Gasteiger charge is -2.19. The minimum Gasteiger partial charge on any atom is -0.459 e. The van der Waals surface area contributed by atoms with Gasteiger partial charge in [0, 0.05) is 10.6 Å². The number of benzene rings is 1. The Hall–Kier alpha value is -1.25. The van der Waals surface area contributed by atoms with Gasteiger partial charge in [0.05, 0.1) is 10.6 Å². The fourth-order valence-corrected chi connectivity index (χ4v) is 2.72. The summed E-state index contributed by atoms with van der Waals surface area (Å²) in [6, 6.07) is 4.11. The van der Waals surface area contributed by atoms with Crippen molar-refractivity contribution in [1.29, 1.82) is 0 Å². The average Bonchev–Trinajstić information content (AvgIpc) is 2.24. The minimum absolute atomic E-state index is 0.0372. The van der Waals surface area contributed by atoms with Gasteiger partial charge < -0.3 is 10.5 Å². The molecular formula is C12H18N2O4S2. The van der Waals surface area contributed by atoms with Gasteiger partial charge in [0.25, 0.3) is 0 Å². The number of hydrogen-bond acceptors (Lipinski definition) is 6. The summed E-state index contributed by atoms with van der Waals surface area (Å²) in [7, 11) is -3.79. The molecule has 1 aromatic rings. The second-order valence-electron chi connectivity index (χ2n) is 5.12. The standard InChI is InChI=1S/C12H18N2O4S2/c1-12(2,3)18-11(15)7-19-10-6-8(20(14,16)17)4-5-9(10)13/h4-6H,7,13H2,1-3H3,(H2,14,16,17). The molecule has 112 valence electrons. The van der Waals surface area contributed by atoms with Crippen LogP contribution in [0.1, 0.15) is 20.8 Å². The number of sulfonamides is 1. The highest BCUT2D eigenvalue weighted by molar-refractivity contribution is 8.00. The lowest BCUT2D eigenvalue weighted by atomic mass is 10.2. The molecule has 0 aliphatic carbocycles. The first-order chi connectivity index (χ1) is 8.99. The first-order valence-electron chi connectivity index (χ1n) is 5.76. The van der Waals surface area contributed by atoms with Crippen LogP contribution in [-0.4, -0.2) is 25.7 Å². The van der Waals surface area contributed by atoms with Crippen molar-refractivity contribution in [2.24, 2.45) is 5.14 Å². The molecule has 0 unspecified atom stereocenters. The van der Waals surface area contributed by atoms with Gasteiger partial charge in [-0.15, -0.1) is 11.8 Å². The summed E-state index contributed by atoms with van der Waals surface area (Å²) in [5, 5.41) is 5.05. The first-order valence-corrected chi connectivity index (χ1v) is 8.29. The van der Waals surface area contributed by atoms with Crippen LogP contribution in [0.2, 0.25) is 0 Å². The Morgan fingerprint density at radius 2 is 1.95 bits per heavy atom. The van der Waals surface area contributed by atoms with E-state index < -0.39 is 21.6 Å². The molecule has 6 nitrogen and oxygen atoms in total. The molecule has 0 aromatic heterocycles. The molecule has 0 bridgehead atoms. The van der Waals surface area contributed by atoms with E-state index in [1.807, 2.05) is 0 Å². The number of rotatable bonds is 4. The summed E-state index contributed by atoms with van der Waals surface area (Å²) in [6.45, 7) is 5.31. The van der Waals surface area contributed by atoms with Gasteiger partial charge in [-0.3, -0.25) is 4.79 Å². The van der Waals surface area contributed by atoms with Crippen LogP contribution in [0.4, 0.5) is 5.69 Å². The van der Waals surface area contributed by atoms with Crippen LogP contribution in [0.3, 0.4) is 0 Å². The molecular weight excluding hydrogens is 300 g/mol. The molecule has 0 saturated carbocycles. The van der Waals surface area contributed by atoms with Gasteiger partial charge in [0.1, 0.15) is 5.60 Å². The zero-order chi connectivity index (χ0) is 15.6. The van der Waals surface area contributed by atoms with Gasteiger partial charge in [-0.2, -0.15) is 0 Å². The first kappa shape index (κ1) is 16.8. The Labute approximate surface area is 122 Å². The molecule has 0 radical (unpaired) electrons. The number of thioether (sulfide) groups is 1. The Morgan fingerprint density at radius 1 is 1.35 bits per heavy atom. The van der Waals surface area contributed by atoms with Crippen molar-refractivity contribution in [1.82, 2.24) is 0 Å². The van der Waals surface area contributed by atoms with Crippen molar-refractivity contribution in [2.75, 3.05) is 11.5 Å². The van der Waals surface area contributed by atoms with E-state index in [0.717, 1.165) is 11.8 Å². The Bertz CT molecular complexity index is 606. The number of nitrogens with two attached hydrogens (primary N) is 2. The maximum atomic E-state index is 11.6. The highest BCUT2D eigenvalue weighted by Gasteiger charge is 2.17. The van der Waals surface area contributed by atoms with Crippen LogP contribution < -0.4 is 10.9 Å². The molecule has 0 aliphatic heterocycles. The summed E-state index contributed by atoms with van der Waals surface area (Å²) in [6.07, 6.45) is 0. The number of carbonyl (C=O) groups excluding carboxylic acids is 1. The Kier molecular flexibility index (Phi) is 5.06. The van der Waals surface area contributed by atoms with E-state index in [-0.39, 0.29) is 10.6 Å². The third-order valence-electron chi connectivity index (χ3n) is 2.08. The second-order valence-corrected chi connectivity index (χ2v) is 7.70. The molecule has 4 N–H and O–H groups in total. The van der Waals surface area contributed by atoms with Crippen molar-refractivity contribution < 1.29 is 17.9 Å². The largest absolute Gasteiger partial charge is 0.459 e. The van der Waals surface area contributed by atoms with Gasteiger partial charge in [-0.05, 0) is 39.0 Å². The highest BCUT2D eigenvalue weighted by Crippen LogP contribution is 2.28. The lowest BCUT2D eigenvalue weighted by Crippen LogP contribution is -2.24. The fourth-order valence-electron chi connectivity index (χ4n) is 1.32. The van der Waals surface area contributed by atoms with Crippen LogP contribution in [0.25, 0.3) is 0 Å². The zero-order valence-corrected chi connectivity index (χ0v) is 13.2. The third kappa shape index (κ3) is 5.40. The normalized spacial score (nSPS) is 12.2. The monoisotopic (exact) mass is 318 g/mol. The van der Waals surface area contributed by atoms with Crippen molar-refractivity contribution in [3.05, 3.63) is 18.2 Å². The quantitative estimate of drug-likeness (QED) is 0.492. The van der Waals surface area contributed by atoms with Crippen molar-refractivity contribution in [2.45, 2.75) is 36.2 Å². The van der Waals surface area contributed by atoms with E-state index in [2.05, 4.69) is 0 Å². The number of primary sulfonamides is 1. The number of carbonyl (C=O) groups is 1. The summed E-state index contributed by atoms with van der Waals surface area (Å²) < 4.78 is 27.7. The van der Waals surface area contributed by atoms with Crippen LogP contribution in [0.5, 0.6) is 0 Å². The number of hydrogen-bond donors (Lipinski definition) is 2. The summed E-state index contributed by atoms with van der Waals surface area (Å²) in [5.41, 5.74) is 5.55. The van der Waals surface area contributed by atoms with Gasteiger partial charge in [-0.1, -0.05) is 0 Å². The Morgan fingerprint density at radius 3 is 2.45 bits per heavy atom. The van der Waals surface area contributed by atoms with Gasteiger partial charge in [0.2, 0.25) is 10.0 Å². The summed E-state index contributed by atoms with van der Waals surface area (Å²) in [5.74, 6) is -0.363. The van der Waals surface area contributed by atoms with E-state index >= 15 is 0 Å². The van der Waals surface area contributed by atoms with Gasteiger partial charge in [-0.25, -0.2) is 13.6 Å². The minimum atomic E-state index is -3.79. The smallest absolute Gasteiger partial charge is 0.316 e. The molecule has 0 atom stereocenters. The van der Waals surface area contributed by atoms with Crippen molar-refractivity contribution in [3.8, 4) is 0 Å². The van der Waals surface area contributed by atoms with Crippen molar-refractivity contribution >= 4 is 33.4 Å². The topological polar surface area (TPSA) is 112 Å². The van der Waals surface area contributed by atoms with E-state index in [0.29, 0.717) is 10.6 Å². The molecule has 0 saturated heterocycles. The van der Waals surface area contributed by atoms with E-state index in [1.165, 1.54) is 18.2 Å². The van der Waals surface area contributed by atoms with Gasteiger partial charge >= 0.3 is 5.97 Å². The molecule has 0 aliphatic rings. The number of ether oxygens (including phenoxy) is 1. The van der Waals surface area contributed by atoms with E-state index in [4.69, 9.17) is 15.6 Å². The molecule has 8 heteroatoms. The summed E-state index contributed by atoms with van der Waals surface area (Å²) >= 11 is 1.11. The third-order valence-corrected chi connectivity index (χ3v) is 4.03. The Balaban J connectivity index is 2.81. The maximum absolute atomic E-state index is 11.6. The number of anilines is 1. The fraction of sp³-hybridized carbons (Fsp3) is 0.417. The second kappa shape index (κ2) is 6.02. The van der Waals surface area contributed by atoms with Crippen LogP contribution in [0, 0.1) is 0 Å². The predicted molar refractivity (Wildman–Crippen MR) is 78.8 cm³/mol. The zero-order valence-electron chi connectivity index (χ0n) is 11.5. The molecule has 1 rings (SSSR count). The maximum Gasteiger partial charge on any atom is 0.316 e. The van der Waals surface area contributed by atoms with Crippen LogP contribution >= 0.6 is 11.8 Å². The SMILES string of the molecule is CC(C)(C)OC(=O)CSc1cc(S(N)(=O)=O)ccc1N. The summed E-state index contributed by atoms with van der Waals surface area (Å²) in [4.78, 5) is 12.0. The van der Waals surface area contributed by atoms with E-state index in [9.17, 15) is 13.2 Å². The number of esters is 1. The van der Waals surface area contributed by atoms with Crippen LogP contribution in [-0.2, 0) is 19.6 Å². The van der Waals surface area contributed by atoms with Crippen LogP contribution in [0.15, 0.2) is 28.0 Å². The van der Waals surface area contributed by atoms with Gasteiger partial charge in [0.15, 0.2) is 0 Å². The predicted octanol–water partition coefficient (Wildman–Crippen LogP) is 1.35. The molecule has 0 heterocycles. The van der Waals surface area contributed by atoms with Crippen molar-refractivity contribution in [3.63, 3.8) is 0 Å². The molecule has 1 aromatic carbocycles. The highest BCUT2D eigenvalue weighted by atomic mass is 32.2. The average molecular weight is 318 g/mol. The molecule has 0 spiro atoms. The molecule has 20 heavy (non-hydrogen) atoms. The number of nitrogen functional groups attached to an aromatic ring is 1. The van der Waals surface area contributed by atoms with E-state index in [1.54, 1.807) is 20.8 Å². The molecule has 0 fully saturated rings.